The summed E-state index contributed by atoms with van der Waals surface area (Å²) in [5, 5.41) is 4.46. The molecule has 1 heterocycles. The maximum Gasteiger partial charge on any atom is 0.185 e. The molecule has 5 heteroatoms. The molecule has 1 aromatic carbocycles. The molecule has 1 aliphatic rings. The third-order valence-corrected chi connectivity index (χ3v) is 3.20. The van der Waals surface area contributed by atoms with Crippen LogP contribution in [0.15, 0.2) is 18.2 Å². The van der Waals surface area contributed by atoms with Crippen LogP contribution >= 0.6 is 0 Å². The summed E-state index contributed by atoms with van der Waals surface area (Å²) >= 11 is 0. The standard InChI is InChI=1S/C13H16N4O/c1-17-13(8-3-4-8)15-12(16-17)10-7-9(14)5-6-11(10)18-2/h5-8H,3-4,14H2,1-2H3. The van der Waals surface area contributed by atoms with Gasteiger partial charge in [0.25, 0.3) is 0 Å². The lowest BCUT2D eigenvalue weighted by atomic mass is 10.1. The summed E-state index contributed by atoms with van der Waals surface area (Å²) in [5.74, 6) is 3.05. The van der Waals surface area contributed by atoms with Crippen molar-refractivity contribution < 1.29 is 4.74 Å². The summed E-state index contributed by atoms with van der Waals surface area (Å²) in [4.78, 5) is 4.61. The molecule has 1 fully saturated rings. The molecule has 18 heavy (non-hydrogen) atoms. The highest BCUT2D eigenvalue weighted by atomic mass is 16.5. The zero-order valence-electron chi connectivity index (χ0n) is 10.6. The van der Waals surface area contributed by atoms with Gasteiger partial charge < -0.3 is 10.5 Å². The van der Waals surface area contributed by atoms with Crippen LogP contribution in [0.3, 0.4) is 0 Å². The maximum atomic E-state index is 5.82. The summed E-state index contributed by atoms with van der Waals surface area (Å²) < 4.78 is 7.19. The Morgan fingerprint density at radius 3 is 2.83 bits per heavy atom. The molecule has 0 radical (unpaired) electrons. The van der Waals surface area contributed by atoms with Gasteiger partial charge in [0.2, 0.25) is 0 Å². The predicted octanol–water partition coefficient (Wildman–Crippen LogP) is 1.95. The fraction of sp³-hybridized carbons (Fsp3) is 0.385. The Kier molecular flexibility index (Phi) is 2.47. The minimum atomic E-state index is 0.573. The van der Waals surface area contributed by atoms with Gasteiger partial charge >= 0.3 is 0 Å². The molecule has 0 atom stereocenters. The van der Waals surface area contributed by atoms with Gasteiger partial charge in [0.1, 0.15) is 11.6 Å². The van der Waals surface area contributed by atoms with E-state index in [0.29, 0.717) is 17.4 Å². The largest absolute Gasteiger partial charge is 0.496 e. The summed E-state index contributed by atoms with van der Waals surface area (Å²) in [6.45, 7) is 0. The van der Waals surface area contributed by atoms with Crippen LogP contribution in [-0.2, 0) is 7.05 Å². The molecule has 0 amide bonds. The van der Waals surface area contributed by atoms with Gasteiger partial charge in [-0.25, -0.2) is 4.98 Å². The van der Waals surface area contributed by atoms with Crippen LogP contribution in [-0.4, -0.2) is 21.9 Å². The van der Waals surface area contributed by atoms with E-state index >= 15 is 0 Å². The number of hydrogen-bond donors (Lipinski definition) is 1. The number of methoxy groups -OCH3 is 1. The lowest BCUT2D eigenvalue weighted by Gasteiger charge is -2.05. The molecule has 0 aliphatic heterocycles. The summed E-state index contributed by atoms with van der Waals surface area (Å²) in [5.41, 5.74) is 7.35. The lowest BCUT2D eigenvalue weighted by Crippen LogP contribution is -1.96. The van der Waals surface area contributed by atoms with E-state index in [0.717, 1.165) is 17.1 Å². The maximum absolute atomic E-state index is 5.82. The van der Waals surface area contributed by atoms with Gasteiger partial charge in [0.05, 0.1) is 12.7 Å². The van der Waals surface area contributed by atoms with Crippen LogP contribution in [0.2, 0.25) is 0 Å². The molecule has 0 spiro atoms. The van der Waals surface area contributed by atoms with Crippen molar-refractivity contribution in [3.63, 3.8) is 0 Å². The van der Waals surface area contributed by atoms with Crippen LogP contribution in [0.5, 0.6) is 5.75 Å². The van der Waals surface area contributed by atoms with Crippen LogP contribution < -0.4 is 10.5 Å². The number of benzene rings is 1. The molecule has 5 nitrogen and oxygen atoms in total. The van der Waals surface area contributed by atoms with Gasteiger partial charge in [-0.15, -0.1) is 0 Å². The van der Waals surface area contributed by atoms with E-state index < -0.39 is 0 Å². The third-order valence-electron chi connectivity index (χ3n) is 3.20. The van der Waals surface area contributed by atoms with Gasteiger partial charge in [-0.05, 0) is 31.0 Å². The molecular formula is C13H16N4O. The zero-order valence-corrected chi connectivity index (χ0v) is 10.6. The quantitative estimate of drug-likeness (QED) is 0.838. The summed E-state index contributed by atoms with van der Waals surface area (Å²) in [6.07, 6.45) is 2.42. The molecule has 1 saturated carbocycles. The van der Waals surface area contributed by atoms with Crippen LogP contribution in [0, 0.1) is 0 Å². The number of aryl methyl sites for hydroxylation is 1. The molecule has 94 valence electrons. The highest BCUT2D eigenvalue weighted by Gasteiger charge is 2.29. The number of anilines is 1. The highest BCUT2D eigenvalue weighted by molar-refractivity contribution is 5.68. The number of ether oxygens (including phenoxy) is 1. The average Bonchev–Trinajstić information content (AvgIpc) is 3.13. The second-order valence-corrected chi connectivity index (χ2v) is 4.65. The van der Waals surface area contributed by atoms with Crippen LogP contribution in [0.1, 0.15) is 24.6 Å². The number of rotatable bonds is 3. The summed E-state index contributed by atoms with van der Waals surface area (Å²) in [6, 6.07) is 5.51. The number of aromatic nitrogens is 3. The Bertz CT molecular complexity index is 587. The van der Waals surface area contributed by atoms with E-state index in [1.54, 1.807) is 7.11 Å². The molecular weight excluding hydrogens is 228 g/mol. The Hall–Kier alpha value is -2.04. The Morgan fingerprint density at radius 2 is 2.17 bits per heavy atom. The number of hydrogen-bond acceptors (Lipinski definition) is 4. The lowest BCUT2D eigenvalue weighted by molar-refractivity contribution is 0.416. The monoisotopic (exact) mass is 244 g/mol. The van der Waals surface area contributed by atoms with Crippen molar-refractivity contribution >= 4 is 5.69 Å². The van der Waals surface area contributed by atoms with E-state index in [2.05, 4.69) is 10.1 Å². The van der Waals surface area contributed by atoms with Gasteiger partial charge in [-0.3, -0.25) is 4.68 Å². The molecule has 1 aliphatic carbocycles. The minimum Gasteiger partial charge on any atom is -0.496 e. The SMILES string of the molecule is COc1ccc(N)cc1-c1nc(C2CC2)n(C)n1. The Morgan fingerprint density at radius 1 is 1.39 bits per heavy atom. The van der Waals surface area contributed by atoms with Crippen molar-refractivity contribution in [2.45, 2.75) is 18.8 Å². The predicted molar refractivity (Wildman–Crippen MR) is 69.4 cm³/mol. The zero-order chi connectivity index (χ0) is 12.7. The fourth-order valence-corrected chi connectivity index (χ4v) is 2.11. The van der Waals surface area contributed by atoms with E-state index in [9.17, 15) is 0 Å². The first-order valence-corrected chi connectivity index (χ1v) is 6.04. The smallest absolute Gasteiger partial charge is 0.185 e. The molecule has 2 aromatic rings. The highest BCUT2D eigenvalue weighted by Crippen LogP contribution is 2.40. The second-order valence-electron chi connectivity index (χ2n) is 4.65. The van der Waals surface area contributed by atoms with E-state index in [-0.39, 0.29) is 0 Å². The van der Waals surface area contributed by atoms with Crippen LogP contribution in [0.25, 0.3) is 11.4 Å². The van der Waals surface area contributed by atoms with Gasteiger partial charge in [0.15, 0.2) is 5.82 Å². The van der Waals surface area contributed by atoms with E-state index in [1.165, 1.54) is 12.8 Å². The van der Waals surface area contributed by atoms with Crippen molar-refractivity contribution in [3.8, 4) is 17.1 Å². The first-order chi connectivity index (χ1) is 8.69. The molecule has 1 aromatic heterocycles. The Balaban J connectivity index is 2.08. The van der Waals surface area contributed by atoms with E-state index in [4.69, 9.17) is 10.5 Å². The second kappa shape index (κ2) is 4.01. The number of nitrogens with two attached hydrogens (primary N) is 1. The first kappa shape index (κ1) is 11.1. The van der Waals surface area contributed by atoms with E-state index in [1.807, 2.05) is 29.9 Å². The fourth-order valence-electron chi connectivity index (χ4n) is 2.11. The minimum absolute atomic E-state index is 0.573. The number of nitrogens with zero attached hydrogens (tertiary/aromatic N) is 3. The van der Waals surface area contributed by atoms with Crippen LogP contribution in [0.4, 0.5) is 5.69 Å². The molecule has 0 saturated heterocycles. The van der Waals surface area contributed by atoms with Crippen molar-refractivity contribution in [3.05, 3.63) is 24.0 Å². The molecule has 2 N–H and O–H groups in total. The molecule has 3 rings (SSSR count). The third kappa shape index (κ3) is 1.81. The molecule has 0 bridgehead atoms. The normalized spacial score (nSPS) is 14.8. The molecule has 0 unspecified atom stereocenters. The van der Waals surface area contributed by atoms with Crippen molar-refractivity contribution in [2.75, 3.05) is 12.8 Å². The van der Waals surface area contributed by atoms with Crippen molar-refractivity contribution in [2.24, 2.45) is 7.05 Å². The Labute approximate surface area is 106 Å². The van der Waals surface area contributed by atoms with Gasteiger partial charge in [-0.2, -0.15) is 5.10 Å². The first-order valence-electron chi connectivity index (χ1n) is 6.04. The summed E-state index contributed by atoms with van der Waals surface area (Å²) in [7, 11) is 3.57. The van der Waals surface area contributed by atoms with Gasteiger partial charge in [0, 0.05) is 18.7 Å². The van der Waals surface area contributed by atoms with Gasteiger partial charge in [-0.1, -0.05) is 0 Å². The average molecular weight is 244 g/mol. The van der Waals surface area contributed by atoms with Crippen molar-refractivity contribution in [1.82, 2.24) is 14.8 Å². The van der Waals surface area contributed by atoms with Crippen molar-refractivity contribution in [1.29, 1.82) is 0 Å². The topological polar surface area (TPSA) is 66.0 Å². The number of nitrogen functional groups attached to an aromatic ring is 1.